The van der Waals surface area contributed by atoms with Crippen LogP contribution in [-0.4, -0.2) is 71.2 Å². The molecule has 0 radical (unpaired) electrons. The smallest absolute Gasteiger partial charge is 0.222 e. The Hall–Kier alpha value is -1.40. The number of carbonyl (C=O) groups is 1. The summed E-state index contributed by atoms with van der Waals surface area (Å²) in [7, 11) is 0. The molecule has 6 nitrogen and oxygen atoms in total. The maximum atomic E-state index is 12.7. The summed E-state index contributed by atoms with van der Waals surface area (Å²) in [6.45, 7) is 9.65. The highest BCUT2D eigenvalue weighted by molar-refractivity contribution is 5.76. The molecule has 6 heteroatoms. The Morgan fingerprint density at radius 1 is 1.23 bits per heavy atom. The Morgan fingerprint density at radius 3 is 2.88 bits per heavy atom. The SMILES string of the molecule is CCCCn1ccnc1[C@H]1CCCN(C(=O)CCCN2CCOCC2)C1. The Bertz CT molecular complexity index is 554. The van der Waals surface area contributed by atoms with Crippen molar-refractivity contribution in [3.63, 3.8) is 0 Å². The minimum absolute atomic E-state index is 0.314. The lowest BCUT2D eigenvalue weighted by molar-refractivity contribution is -0.132. The first-order chi connectivity index (χ1) is 12.8. The van der Waals surface area contributed by atoms with Crippen molar-refractivity contribution in [2.45, 2.75) is 57.9 Å². The van der Waals surface area contributed by atoms with E-state index in [1.807, 2.05) is 6.20 Å². The second kappa shape index (κ2) is 10.1. The molecule has 26 heavy (non-hydrogen) atoms. The number of morpholine rings is 1. The lowest BCUT2D eigenvalue weighted by atomic mass is 9.96. The largest absolute Gasteiger partial charge is 0.379 e. The molecule has 3 rings (SSSR count). The molecule has 3 heterocycles. The molecule has 0 aromatic carbocycles. The van der Waals surface area contributed by atoms with Crippen LogP contribution in [0.1, 0.15) is 57.2 Å². The van der Waals surface area contributed by atoms with E-state index in [4.69, 9.17) is 4.74 Å². The Balaban J connectivity index is 1.46. The van der Waals surface area contributed by atoms with E-state index in [0.29, 0.717) is 18.2 Å². The van der Waals surface area contributed by atoms with E-state index in [0.717, 1.165) is 71.7 Å². The highest BCUT2D eigenvalue weighted by atomic mass is 16.5. The zero-order valence-electron chi connectivity index (χ0n) is 16.2. The van der Waals surface area contributed by atoms with Crippen molar-refractivity contribution in [2.24, 2.45) is 0 Å². The van der Waals surface area contributed by atoms with Gasteiger partial charge in [0, 0.05) is 57.5 Å². The predicted molar refractivity (Wildman–Crippen MR) is 102 cm³/mol. The average molecular weight is 363 g/mol. The zero-order valence-corrected chi connectivity index (χ0v) is 16.2. The standard InChI is InChI=1S/C20H34N4O2/c1-2-3-10-23-12-8-21-20(23)18-6-4-11-24(17-18)19(25)7-5-9-22-13-15-26-16-14-22/h8,12,18H,2-7,9-11,13-17H2,1H3/t18-/m0/s1. The van der Waals surface area contributed by atoms with Crippen LogP contribution in [0.5, 0.6) is 0 Å². The summed E-state index contributed by atoms with van der Waals surface area (Å²) in [5, 5.41) is 0. The summed E-state index contributed by atoms with van der Waals surface area (Å²) in [5.74, 6) is 1.87. The Labute approximate surface area is 157 Å². The third-order valence-electron chi connectivity index (χ3n) is 5.61. The lowest BCUT2D eigenvalue weighted by Crippen LogP contribution is -2.40. The number of carbonyl (C=O) groups excluding carboxylic acids is 1. The molecule has 2 fully saturated rings. The van der Waals surface area contributed by atoms with Crippen LogP contribution in [0.25, 0.3) is 0 Å². The molecule has 1 aromatic heterocycles. The Morgan fingerprint density at radius 2 is 2.08 bits per heavy atom. The predicted octanol–water partition coefficient (Wildman–Crippen LogP) is 2.50. The van der Waals surface area contributed by atoms with E-state index >= 15 is 0 Å². The van der Waals surface area contributed by atoms with Gasteiger partial charge in [0.05, 0.1) is 13.2 Å². The van der Waals surface area contributed by atoms with E-state index in [2.05, 4.69) is 32.5 Å². The summed E-state index contributed by atoms with van der Waals surface area (Å²) >= 11 is 0. The van der Waals surface area contributed by atoms with Gasteiger partial charge in [-0.05, 0) is 32.2 Å². The second-order valence-electron chi connectivity index (χ2n) is 7.57. The number of hydrogen-bond donors (Lipinski definition) is 0. The minimum Gasteiger partial charge on any atom is -0.379 e. The van der Waals surface area contributed by atoms with Crippen LogP contribution in [0.4, 0.5) is 0 Å². The molecule has 1 amide bonds. The van der Waals surface area contributed by atoms with Gasteiger partial charge in [-0.25, -0.2) is 4.98 Å². The van der Waals surface area contributed by atoms with E-state index in [1.165, 1.54) is 18.7 Å². The number of aryl methyl sites for hydroxylation is 1. The van der Waals surface area contributed by atoms with Crippen molar-refractivity contribution in [1.29, 1.82) is 0 Å². The maximum Gasteiger partial charge on any atom is 0.222 e. The fourth-order valence-corrected chi connectivity index (χ4v) is 4.05. The number of amides is 1. The Kier molecular flexibility index (Phi) is 7.50. The van der Waals surface area contributed by atoms with E-state index < -0.39 is 0 Å². The molecule has 0 unspecified atom stereocenters. The number of piperidine rings is 1. The van der Waals surface area contributed by atoms with Crippen molar-refractivity contribution in [2.75, 3.05) is 45.9 Å². The number of aromatic nitrogens is 2. The fourth-order valence-electron chi connectivity index (χ4n) is 4.05. The average Bonchev–Trinajstić information content (AvgIpc) is 3.16. The van der Waals surface area contributed by atoms with Crippen molar-refractivity contribution < 1.29 is 9.53 Å². The molecule has 2 aliphatic heterocycles. The molecule has 146 valence electrons. The van der Waals surface area contributed by atoms with Gasteiger partial charge in [-0.3, -0.25) is 9.69 Å². The van der Waals surface area contributed by atoms with Crippen LogP contribution in [-0.2, 0) is 16.1 Å². The zero-order chi connectivity index (χ0) is 18.2. The number of hydrogen-bond acceptors (Lipinski definition) is 4. The van der Waals surface area contributed by atoms with Gasteiger partial charge in [0.2, 0.25) is 5.91 Å². The topological polar surface area (TPSA) is 50.6 Å². The quantitative estimate of drug-likeness (QED) is 0.713. The van der Waals surface area contributed by atoms with Crippen molar-refractivity contribution >= 4 is 5.91 Å². The molecular formula is C20H34N4O2. The highest BCUT2D eigenvalue weighted by Crippen LogP contribution is 2.26. The first-order valence-electron chi connectivity index (χ1n) is 10.4. The van der Waals surface area contributed by atoms with E-state index in [1.54, 1.807) is 0 Å². The normalized spacial score (nSPS) is 21.9. The van der Waals surface area contributed by atoms with Gasteiger partial charge in [-0.2, -0.15) is 0 Å². The number of nitrogens with zero attached hydrogens (tertiary/aromatic N) is 4. The van der Waals surface area contributed by atoms with Crippen LogP contribution in [0, 0.1) is 0 Å². The van der Waals surface area contributed by atoms with Crippen molar-refractivity contribution in [3.8, 4) is 0 Å². The highest BCUT2D eigenvalue weighted by Gasteiger charge is 2.27. The first-order valence-corrected chi connectivity index (χ1v) is 10.4. The molecule has 0 N–H and O–H groups in total. The van der Waals surface area contributed by atoms with Crippen LogP contribution in [0.2, 0.25) is 0 Å². The van der Waals surface area contributed by atoms with Gasteiger partial charge < -0.3 is 14.2 Å². The molecule has 0 saturated carbocycles. The molecule has 2 saturated heterocycles. The number of unbranched alkanes of at least 4 members (excludes halogenated alkanes) is 1. The summed E-state index contributed by atoms with van der Waals surface area (Å²) in [6, 6.07) is 0. The van der Waals surface area contributed by atoms with E-state index in [9.17, 15) is 4.79 Å². The monoisotopic (exact) mass is 362 g/mol. The summed E-state index contributed by atoms with van der Waals surface area (Å²) in [4.78, 5) is 21.8. The van der Waals surface area contributed by atoms with Crippen LogP contribution >= 0.6 is 0 Å². The van der Waals surface area contributed by atoms with Crippen molar-refractivity contribution in [1.82, 2.24) is 19.4 Å². The minimum atomic E-state index is 0.314. The first kappa shape index (κ1) is 19.4. The molecule has 1 aromatic rings. The number of imidazole rings is 1. The van der Waals surface area contributed by atoms with E-state index in [-0.39, 0.29) is 0 Å². The summed E-state index contributed by atoms with van der Waals surface area (Å²) in [5.41, 5.74) is 0. The van der Waals surface area contributed by atoms with Gasteiger partial charge in [0.25, 0.3) is 0 Å². The van der Waals surface area contributed by atoms with Crippen molar-refractivity contribution in [3.05, 3.63) is 18.2 Å². The molecule has 0 aliphatic carbocycles. The molecule has 1 atom stereocenters. The molecular weight excluding hydrogens is 328 g/mol. The summed E-state index contributed by atoms with van der Waals surface area (Å²) < 4.78 is 7.67. The number of ether oxygens (including phenoxy) is 1. The van der Waals surface area contributed by atoms with Crippen LogP contribution in [0.15, 0.2) is 12.4 Å². The third-order valence-corrected chi connectivity index (χ3v) is 5.61. The van der Waals surface area contributed by atoms with Gasteiger partial charge in [-0.15, -0.1) is 0 Å². The fraction of sp³-hybridized carbons (Fsp3) is 0.800. The van der Waals surface area contributed by atoms with Gasteiger partial charge in [0.15, 0.2) is 0 Å². The third kappa shape index (κ3) is 5.30. The van der Waals surface area contributed by atoms with Crippen LogP contribution in [0.3, 0.4) is 0 Å². The van der Waals surface area contributed by atoms with Crippen LogP contribution < -0.4 is 0 Å². The second-order valence-corrected chi connectivity index (χ2v) is 7.57. The van der Waals surface area contributed by atoms with Gasteiger partial charge in [-0.1, -0.05) is 13.3 Å². The maximum absolute atomic E-state index is 12.7. The molecule has 0 spiro atoms. The van der Waals surface area contributed by atoms with Gasteiger partial charge >= 0.3 is 0 Å². The van der Waals surface area contributed by atoms with Gasteiger partial charge in [0.1, 0.15) is 5.82 Å². The lowest BCUT2D eigenvalue weighted by Gasteiger charge is -2.33. The number of rotatable bonds is 8. The molecule has 0 bridgehead atoms. The number of likely N-dealkylation sites (tertiary alicyclic amines) is 1. The summed E-state index contributed by atoms with van der Waals surface area (Å²) in [6.07, 6.45) is 10.2. The molecule has 2 aliphatic rings.